The summed E-state index contributed by atoms with van der Waals surface area (Å²) in [5, 5.41) is 3.46. The van der Waals surface area contributed by atoms with Gasteiger partial charge in [0.2, 0.25) is 0 Å². The molecule has 1 aliphatic heterocycles. The van der Waals surface area contributed by atoms with Gasteiger partial charge in [0.25, 0.3) is 0 Å². The first-order valence-corrected chi connectivity index (χ1v) is 5.83. The highest BCUT2D eigenvalue weighted by Gasteiger charge is 2.22. The number of aryl methyl sites for hydroxylation is 1. The van der Waals surface area contributed by atoms with E-state index in [2.05, 4.69) is 29.6 Å². The smallest absolute Gasteiger partial charge is 0.126 e. The molecule has 3 rings (SSSR count). The SMILES string of the molecule is Cc1cc(C2NCc3ccccc32)ccc1F. The van der Waals surface area contributed by atoms with Gasteiger partial charge in [0, 0.05) is 6.54 Å². The highest BCUT2D eigenvalue weighted by molar-refractivity contribution is 5.41. The lowest BCUT2D eigenvalue weighted by Crippen LogP contribution is -2.13. The molecule has 0 bridgehead atoms. The number of hydrogen-bond acceptors (Lipinski definition) is 1. The van der Waals surface area contributed by atoms with E-state index in [1.54, 1.807) is 13.0 Å². The van der Waals surface area contributed by atoms with Crippen LogP contribution in [0.2, 0.25) is 0 Å². The quantitative estimate of drug-likeness (QED) is 0.788. The summed E-state index contributed by atoms with van der Waals surface area (Å²) in [6, 6.07) is 13.9. The molecule has 17 heavy (non-hydrogen) atoms. The second-order valence-electron chi connectivity index (χ2n) is 4.52. The lowest BCUT2D eigenvalue weighted by molar-refractivity contribution is 0.613. The van der Waals surface area contributed by atoms with Gasteiger partial charge in [-0.25, -0.2) is 4.39 Å². The van der Waals surface area contributed by atoms with Gasteiger partial charge in [0.05, 0.1) is 6.04 Å². The van der Waals surface area contributed by atoms with Gasteiger partial charge >= 0.3 is 0 Å². The third-order valence-electron chi connectivity index (χ3n) is 3.38. The fourth-order valence-electron chi connectivity index (χ4n) is 2.44. The van der Waals surface area contributed by atoms with Crippen molar-refractivity contribution in [1.82, 2.24) is 5.32 Å². The average molecular weight is 227 g/mol. The summed E-state index contributed by atoms with van der Waals surface area (Å²) in [4.78, 5) is 0. The summed E-state index contributed by atoms with van der Waals surface area (Å²) in [5.74, 6) is -0.139. The Morgan fingerprint density at radius 2 is 2.00 bits per heavy atom. The lowest BCUT2D eigenvalue weighted by Gasteiger charge is -2.13. The van der Waals surface area contributed by atoms with Crippen molar-refractivity contribution in [3.8, 4) is 0 Å². The van der Waals surface area contributed by atoms with Gasteiger partial charge in [0.1, 0.15) is 5.82 Å². The Morgan fingerprint density at radius 1 is 1.18 bits per heavy atom. The summed E-state index contributed by atoms with van der Waals surface area (Å²) in [6.45, 7) is 2.69. The highest BCUT2D eigenvalue weighted by atomic mass is 19.1. The maximum absolute atomic E-state index is 13.3. The number of benzene rings is 2. The van der Waals surface area contributed by atoms with Crippen LogP contribution >= 0.6 is 0 Å². The molecule has 86 valence electrons. The number of rotatable bonds is 1. The third-order valence-corrected chi connectivity index (χ3v) is 3.38. The van der Waals surface area contributed by atoms with Crippen LogP contribution < -0.4 is 5.32 Å². The van der Waals surface area contributed by atoms with E-state index in [4.69, 9.17) is 0 Å². The standard InChI is InChI=1S/C15H14FN/c1-10-8-11(6-7-14(10)16)15-13-5-3-2-4-12(13)9-17-15/h2-8,15,17H,9H2,1H3. The van der Waals surface area contributed by atoms with Crippen molar-refractivity contribution in [2.75, 3.05) is 0 Å². The minimum absolute atomic E-state index is 0.139. The Labute approximate surface area is 100 Å². The molecule has 1 nitrogen and oxygen atoms in total. The van der Waals surface area contributed by atoms with Crippen LogP contribution in [0.15, 0.2) is 42.5 Å². The van der Waals surface area contributed by atoms with Crippen LogP contribution in [0, 0.1) is 12.7 Å². The predicted octanol–water partition coefficient (Wildman–Crippen LogP) is 3.33. The largest absolute Gasteiger partial charge is 0.302 e. The molecular formula is C15H14FN. The van der Waals surface area contributed by atoms with Crippen LogP contribution in [0.5, 0.6) is 0 Å². The van der Waals surface area contributed by atoms with Crippen LogP contribution in [0.3, 0.4) is 0 Å². The fourth-order valence-corrected chi connectivity index (χ4v) is 2.44. The maximum Gasteiger partial charge on any atom is 0.126 e. The average Bonchev–Trinajstić information content (AvgIpc) is 2.76. The van der Waals surface area contributed by atoms with Crippen molar-refractivity contribution in [1.29, 1.82) is 0 Å². The van der Waals surface area contributed by atoms with Gasteiger partial charge in [0.15, 0.2) is 0 Å². The van der Waals surface area contributed by atoms with E-state index in [1.165, 1.54) is 11.1 Å². The number of halogens is 1. The van der Waals surface area contributed by atoms with E-state index >= 15 is 0 Å². The molecule has 1 heterocycles. The van der Waals surface area contributed by atoms with Crippen LogP contribution in [-0.2, 0) is 6.54 Å². The second-order valence-corrected chi connectivity index (χ2v) is 4.52. The fraction of sp³-hybridized carbons (Fsp3) is 0.200. The van der Waals surface area contributed by atoms with Gasteiger partial charge in [-0.1, -0.05) is 36.4 Å². The van der Waals surface area contributed by atoms with E-state index in [0.29, 0.717) is 5.56 Å². The Kier molecular flexibility index (Phi) is 2.45. The minimum Gasteiger partial charge on any atom is -0.302 e. The minimum atomic E-state index is -0.139. The van der Waals surface area contributed by atoms with E-state index in [1.807, 2.05) is 12.1 Å². The van der Waals surface area contributed by atoms with Crippen molar-refractivity contribution >= 4 is 0 Å². The summed E-state index contributed by atoms with van der Waals surface area (Å²) in [7, 11) is 0. The van der Waals surface area contributed by atoms with Crippen LogP contribution in [0.1, 0.15) is 28.3 Å². The first-order chi connectivity index (χ1) is 8.25. The third kappa shape index (κ3) is 1.75. The Balaban J connectivity index is 2.04. The summed E-state index contributed by atoms with van der Waals surface area (Å²) in [5.41, 5.74) is 4.47. The molecule has 2 aromatic rings. The zero-order chi connectivity index (χ0) is 11.8. The molecule has 0 amide bonds. The Hall–Kier alpha value is -1.67. The molecule has 0 spiro atoms. The Morgan fingerprint density at radius 3 is 2.82 bits per heavy atom. The van der Waals surface area contributed by atoms with E-state index in [9.17, 15) is 4.39 Å². The van der Waals surface area contributed by atoms with Crippen LogP contribution in [-0.4, -0.2) is 0 Å². The molecule has 0 fully saturated rings. The summed E-state index contributed by atoms with van der Waals surface area (Å²) in [6.07, 6.45) is 0. The van der Waals surface area contributed by atoms with E-state index in [0.717, 1.165) is 12.1 Å². The molecule has 2 aromatic carbocycles. The van der Waals surface area contributed by atoms with E-state index in [-0.39, 0.29) is 11.9 Å². The molecule has 2 heteroatoms. The van der Waals surface area contributed by atoms with Gasteiger partial charge in [-0.05, 0) is 35.2 Å². The maximum atomic E-state index is 13.3. The van der Waals surface area contributed by atoms with Gasteiger partial charge in [-0.15, -0.1) is 0 Å². The summed E-state index contributed by atoms with van der Waals surface area (Å²) >= 11 is 0. The van der Waals surface area contributed by atoms with Crippen molar-refractivity contribution in [2.45, 2.75) is 19.5 Å². The molecule has 0 saturated carbocycles. The highest BCUT2D eigenvalue weighted by Crippen LogP contribution is 2.31. The van der Waals surface area contributed by atoms with Crippen molar-refractivity contribution in [3.63, 3.8) is 0 Å². The lowest BCUT2D eigenvalue weighted by atomic mass is 9.97. The van der Waals surface area contributed by atoms with Gasteiger partial charge in [-0.3, -0.25) is 0 Å². The molecule has 0 aromatic heterocycles. The summed E-state index contributed by atoms with van der Waals surface area (Å²) < 4.78 is 13.3. The molecule has 0 saturated heterocycles. The molecule has 0 radical (unpaired) electrons. The predicted molar refractivity (Wildman–Crippen MR) is 66.3 cm³/mol. The van der Waals surface area contributed by atoms with Gasteiger partial charge in [-0.2, -0.15) is 0 Å². The number of nitrogens with one attached hydrogen (secondary N) is 1. The van der Waals surface area contributed by atoms with Crippen molar-refractivity contribution in [3.05, 3.63) is 70.5 Å². The Bertz CT molecular complexity index is 563. The topological polar surface area (TPSA) is 12.0 Å². The van der Waals surface area contributed by atoms with E-state index < -0.39 is 0 Å². The molecular weight excluding hydrogens is 213 g/mol. The zero-order valence-electron chi connectivity index (χ0n) is 9.70. The normalized spacial score (nSPS) is 18.1. The molecule has 1 aliphatic rings. The van der Waals surface area contributed by atoms with Crippen LogP contribution in [0.25, 0.3) is 0 Å². The van der Waals surface area contributed by atoms with Crippen LogP contribution in [0.4, 0.5) is 4.39 Å². The zero-order valence-corrected chi connectivity index (χ0v) is 9.70. The molecule has 1 unspecified atom stereocenters. The first kappa shape index (κ1) is 10.5. The number of fused-ring (bicyclic) bond motifs is 1. The first-order valence-electron chi connectivity index (χ1n) is 5.83. The molecule has 1 N–H and O–H groups in total. The van der Waals surface area contributed by atoms with Crippen molar-refractivity contribution < 1.29 is 4.39 Å². The molecule has 0 aliphatic carbocycles. The van der Waals surface area contributed by atoms with Gasteiger partial charge < -0.3 is 5.32 Å². The monoisotopic (exact) mass is 227 g/mol. The van der Waals surface area contributed by atoms with Crippen molar-refractivity contribution in [2.24, 2.45) is 0 Å². The second kappa shape index (κ2) is 3.97. The molecule has 1 atom stereocenters. The number of hydrogen-bond donors (Lipinski definition) is 1.